The molecule has 0 aromatic heterocycles. The van der Waals surface area contributed by atoms with Gasteiger partial charge in [-0.2, -0.15) is 0 Å². The molecule has 0 bridgehead atoms. The van der Waals surface area contributed by atoms with Gasteiger partial charge in [-0.3, -0.25) is 15.0 Å². The normalized spacial score (nSPS) is 18.5. The Labute approximate surface area is 137 Å². The molecule has 1 aromatic carbocycles. The number of hydrogen-bond acceptors (Lipinski definition) is 4. The second-order valence-corrected chi connectivity index (χ2v) is 6.16. The molecule has 1 saturated heterocycles. The molecule has 0 radical (unpaired) electrons. The van der Waals surface area contributed by atoms with Crippen LogP contribution in [0.25, 0.3) is 0 Å². The molecule has 0 saturated carbocycles. The molecule has 2 rings (SSSR count). The number of likely N-dealkylation sites (N-methyl/N-ethyl adjacent to an activating group) is 1. The van der Waals surface area contributed by atoms with E-state index in [4.69, 9.17) is 0 Å². The van der Waals surface area contributed by atoms with Gasteiger partial charge in [0.1, 0.15) is 0 Å². The molecule has 126 valence electrons. The van der Waals surface area contributed by atoms with Crippen LogP contribution in [0.15, 0.2) is 18.2 Å². The first-order valence-electron chi connectivity index (χ1n) is 8.05. The Bertz CT molecular complexity index is 574. The third kappa shape index (κ3) is 5.33. The summed E-state index contributed by atoms with van der Waals surface area (Å²) in [6.07, 6.45) is 2.19. The predicted molar refractivity (Wildman–Crippen MR) is 91.6 cm³/mol. The number of piperidine rings is 1. The van der Waals surface area contributed by atoms with Crippen molar-refractivity contribution in [3.8, 4) is 0 Å². The van der Waals surface area contributed by atoms with E-state index in [1.807, 2.05) is 39.1 Å². The number of benzene rings is 1. The van der Waals surface area contributed by atoms with Crippen molar-refractivity contribution in [3.05, 3.63) is 29.3 Å². The summed E-state index contributed by atoms with van der Waals surface area (Å²) < 4.78 is 0. The lowest BCUT2D eigenvalue weighted by Gasteiger charge is -2.31. The summed E-state index contributed by atoms with van der Waals surface area (Å²) in [6.45, 7) is 5.98. The van der Waals surface area contributed by atoms with Crippen LogP contribution in [0.3, 0.4) is 0 Å². The van der Waals surface area contributed by atoms with Crippen molar-refractivity contribution in [1.82, 2.24) is 15.5 Å². The van der Waals surface area contributed by atoms with Gasteiger partial charge in [-0.1, -0.05) is 6.07 Å². The minimum atomic E-state index is -0.486. The monoisotopic (exact) mass is 318 g/mol. The summed E-state index contributed by atoms with van der Waals surface area (Å²) in [5, 5.41) is 8.33. The first-order chi connectivity index (χ1) is 11.0. The van der Waals surface area contributed by atoms with Crippen molar-refractivity contribution >= 4 is 17.6 Å². The average molecular weight is 318 g/mol. The van der Waals surface area contributed by atoms with Crippen LogP contribution in [0.2, 0.25) is 0 Å². The van der Waals surface area contributed by atoms with Crippen molar-refractivity contribution in [1.29, 1.82) is 0 Å². The fourth-order valence-electron chi connectivity index (χ4n) is 2.79. The summed E-state index contributed by atoms with van der Waals surface area (Å²) >= 11 is 0. The number of aryl methyl sites for hydroxylation is 2. The van der Waals surface area contributed by atoms with Gasteiger partial charge in [0.15, 0.2) is 0 Å². The Morgan fingerprint density at radius 1 is 1.26 bits per heavy atom. The van der Waals surface area contributed by atoms with Crippen LogP contribution in [0, 0.1) is 13.8 Å². The second-order valence-electron chi connectivity index (χ2n) is 6.16. The number of nitrogens with zero attached hydrogens (tertiary/aromatic N) is 1. The van der Waals surface area contributed by atoms with E-state index >= 15 is 0 Å². The molecule has 1 aliphatic heterocycles. The summed E-state index contributed by atoms with van der Waals surface area (Å²) in [4.78, 5) is 26.0. The zero-order valence-electron chi connectivity index (χ0n) is 14.1. The Balaban J connectivity index is 1.80. The molecule has 1 heterocycles. The zero-order chi connectivity index (χ0) is 16.8. The van der Waals surface area contributed by atoms with Crippen molar-refractivity contribution < 1.29 is 9.59 Å². The quantitative estimate of drug-likeness (QED) is 0.789. The van der Waals surface area contributed by atoms with E-state index in [2.05, 4.69) is 20.9 Å². The number of likely N-dealkylation sites (tertiary alicyclic amines) is 1. The van der Waals surface area contributed by atoms with Crippen LogP contribution >= 0.6 is 0 Å². The largest absolute Gasteiger partial charge is 0.325 e. The molecule has 1 fully saturated rings. The first-order valence-corrected chi connectivity index (χ1v) is 8.05. The van der Waals surface area contributed by atoms with E-state index in [0.29, 0.717) is 11.7 Å². The first kappa shape index (κ1) is 17.4. The van der Waals surface area contributed by atoms with Crippen LogP contribution < -0.4 is 16.0 Å². The highest BCUT2D eigenvalue weighted by molar-refractivity contribution is 6.01. The Morgan fingerprint density at radius 2 is 2.04 bits per heavy atom. The third-order valence-electron chi connectivity index (χ3n) is 4.30. The van der Waals surface area contributed by atoms with Gasteiger partial charge < -0.3 is 10.6 Å². The van der Waals surface area contributed by atoms with Crippen LogP contribution in [0.5, 0.6) is 0 Å². The van der Waals surface area contributed by atoms with Gasteiger partial charge >= 0.3 is 6.03 Å². The fourth-order valence-corrected chi connectivity index (χ4v) is 2.79. The minimum absolute atomic E-state index is 0.249. The molecule has 0 aliphatic carbocycles. The van der Waals surface area contributed by atoms with Crippen LogP contribution in [0.1, 0.15) is 24.0 Å². The van der Waals surface area contributed by atoms with Gasteiger partial charge in [-0.05, 0) is 63.5 Å². The number of urea groups is 1. The Morgan fingerprint density at radius 3 is 2.74 bits per heavy atom. The topological polar surface area (TPSA) is 73.5 Å². The molecule has 1 unspecified atom stereocenters. The van der Waals surface area contributed by atoms with Gasteiger partial charge in [-0.25, -0.2) is 4.79 Å². The highest BCUT2D eigenvalue weighted by atomic mass is 16.2. The second kappa shape index (κ2) is 8.08. The van der Waals surface area contributed by atoms with Gasteiger partial charge in [0.05, 0.1) is 6.54 Å². The Kier molecular flexibility index (Phi) is 6.12. The highest BCUT2D eigenvalue weighted by Gasteiger charge is 2.21. The van der Waals surface area contributed by atoms with E-state index < -0.39 is 6.03 Å². The maximum atomic E-state index is 12.0. The number of nitrogens with one attached hydrogen (secondary N) is 3. The molecule has 1 aromatic rings. The molecule has 23 heavy (non-hydrogen) atoms. The van der Waals surface area contributed by atoms with Gasteiger partial charge in [0, 0.05) is 18.3 Å². The molecule has 0 spiro atoms. The van der Waals surface area contributed by atoms with Crippen LogP contribution in [0.4, 0.5) is 10.5 Å². The van der Waals surface area contributed by atoms with Crippen molar-refractivity contribution in [3.63, 3.8) is 0 Å². The summed E-state index contributed by atoms with van der Waals surface area (Å²) in [6, 6.07) is 5.59. The Hall–Kier alpha value is -1.92. The number of anilines is 1. The van der Waals surface area contributed by atoms with Gasteiger partial charge in [-0.15, -0.1) is 0 Å². The number of carbonyl (C=O) groups excluding carboxylic acids is 2. The third-order valence-corrected chi connectivity index (χ3v) is 4.30. The highest BCUT2D eigenvalue weighted by Crippen LogP contribution is 2.14. The maximum Gasteiger partial charge on any atom is 0.325 e. The number of carbonyl (C=O) groups is 2. The summed E-state index contributed by atoms with van der Waals surface area (Å²) in [5.41, 5.74) is 2.95. The number of imide groups is 1. The average Bonchev–Trinajstić information content (AvgIpc) is 2.51. The zero-order valence-corrected chi connectivity index (χ0v) is 14.1. The molecule has 1 atom stereocenters. The van der Waals surface area contributed by atoms with Crippen molar-refractivity contribution in [2.24, 2.45) is 0 Å². The maximum absolute atomic E-state index is 12.0. The molecule has 6 heteroatoms. The lowest BCUT2D eigenvalue weighted by molar-refractivity contribution is -0.121. The molecular formula is C17H26N4O2. The SMILES string of the molecule is CNC1CCCN(CC(=O)NC(=O)Nc2ccc(C)c(C)c2)C1. The smallest absolute Gasteiger partial charge is 0.316 e. The number of hydrogen-bond donors (Lipinski definition) is 3. The van der Waals surface area contributed by atoms with Crippen LogP contribution in [-0.4, -0.2) is 49.6 Å². The number of rotatable bonds is 4. The lowest BCUT2D eigenvalue weighted by Crippen LogP contribution is -2.49. The van der Waals surface area contributed by atoms with E-state index in [1.54, 1.807) is 0 Å². The van der Waals surface area contributed by atoms with Gasteiger partial charge in [0.25, 0.3) is 0 Å². The minimum Gasteiger partial charge on any atom is -0.316 e. The molecule has 3 N–H and O–H groups in total. The summed E-state index contributed by atoms with van der Waals surface area (Å²) in [5.74, 6) is -0.275. The van der Waals surface area contributed by atoms with Crippen molar-refractivity contribution in [2.75, 3.05) is 32.0 Å². The molecule has 3 amide bonds. The molecular weight excluding hydrogens is 292 g/mol. The van der Waals surface area contributed by atoms with E-state index in [-0.39, 0.29) is 12.5 Å². The molecule has 1 aliphatic rings. The fraction of sp³-hybridized carbons (Fsp3) is 0.529. The standard InChI is InChI=1S/C17H26N4O2/c1-12-6-7-14(9-13(12)2)19-17(23)20-16(22)11-21-8-4-5-15(10-21)18-3/h6-7,9,15,18H,4-5,8,10-11H2,1-3H3,(H2,19,20,22,23). The van der Waals surface area contributed by atoms with E-state index in [9.17, 15) is 9.59 Å². The predicted octanol–water partition coefficient (Wildman–Crippen LogP) is 1.64. The molecule has 6 nitrogen and oxygen atoms in total. The van der Waals surface area contributed by atoms with Crippen molar-refractivity contribution in [2.45, 2.75) is 32.7 Å². The lowest BCUT2D eigenvalue weighted by atomic mass is 10.1. The van der Waals surface area contributed by atoms with Crippen LogP contribution in [-0.2, 0) is 4.79 Å². The van der Waals surface area contributed by atoms with Gasteiger partial charge in [0.2, 0.25) is 5.91 Å². The summed E-state index contributed by atoms with van der Waals surface area (Å²) in [7, 11) is 1.94. The number of amides is 3. The van der Waals surface area contributed by atoms with E-state index in [1.165, 1.54) is 0 Å². The van der Waals surface area contributed by atoms with E-state index in [0.717, 1.165) is 37.1 Å².